The van der Waals surface area contributed by atoms with E-state index in [1.54, 1.807) is 24.8 Å². The summed E-state index contributed by atoms with van der Waals surface area (Å²) in [5.74, 6) is -1.23. The second-order valence-electron chi connectivity index (χ2n) is 5.94. The number of hydrogen-bond donors (Lipinski definition) is 0. The molecule has 0 fully saturated rings. The van der Waals surface area contributed by atoms with E-state index in [-0.39, 0.29) is 29.7 Å². The molecule has 2 rings (SSSR count). The van der Waals surface area contributed by atoms with Crippen molar-refractivity contribution in [3.8, 4) is 5.75 Å². The molecule has 0 atom stereocenters. The van der Waals surface area contributed by atoms with E-state index in [0.717, 1.165) is 10.9 Å². The van der Waals surface area contributed by atoms with Crippen LogP contribution < -0.4 is 4.74 Å². The summed E-state index contributed by atoms with van der Waals surface area (Å²) in [4.78, 5) is 15.1. The highest BCUT2D eigenvalue weighted by molar-refractivity contribution is 7.10. The molecule has 150 valence electrons. The van der Waals surface area contributed by atoms with Gasteiger partial charge in [-0.3, -0.25) is 4.79 Å². The molecule has 0 saturated heterocycles. The molecular weight excluding hydrogens is 368 g/mol. The van der Waals surface area contributed by atoms with Crippen LogP contribution in [0.5, 0.6) is 5.75 Å². The Morgan fingerprint density at radius 3 is 2.37 bits per heavy atom. The Labute approximate surface area is 165 Å². The highest BCUT2D eigenvalue weighted by atomic mass is 32.1. The van der Waals surface area contributed by atoms with Crippen molar-refractivity contribution in [1.29, 1.82) is 0 Å². The summed E-state index contributed by atoms with van der Waals surface area (Å²) in [6, 6.07) is 3.80. The monoisotopic (exact) mass is 397 g/mol. The van der Waals surface area contributed by atoms with Crippen LogP contribution in [0, 0.1) is 11.6 Å². The predicted octanol–water partition coefficient (Wildman–Crippen LogP) is 5.91. The van der Waals surface area contributed by atoms with E-state index >= 15 is 0 Å². The lowest BCUT2D eigenvalue weighted by Crippen LogP contribution is -2.30. The molecule has 0 radical (unpaired) electrons. The summed E-state index contributed by atoms with van der Waals surface area (Å²) < 4.78 is 33.5. The van der Waals surface area contributed by atoms with E-state index in [1.165, 1.54) is 17.4 Å². The Bertz CT molecular complexity index is 740. The SMILES string of the molecule is CC.CCN(CC)C(=O)c1ccsc1Cc1c(F)cc(F)cc1OC(C)C. The molecule has 0 aliphatic heterocycles. The summed E-state index contributed by atoms with van der Waals surface area (Å²) in [7, 11) is 0. The number of halogens is 2. The topological polar surface area (TPSA) is 29.5 Å². The van der Waals surface area contributed by atoms with Gasteiger partial charge >= 0.3 is 0 Å². The standard InChI is InChI=1S/C19H23F2NO2S.C2H6/c1-5-22(6-2)19(23)14-7-8-25-18(14)11-15-16(21)9-13(20)10-17(15)24-12(3)4;1-2/h7-10,12H,5-6,11H2,1-4H3;1-2H3. The number of nitrogens with zero attached hydrogens (tertiary/aromatic N) is 1. The van der Waals surface area contributed by atoms with Crippen molar-refractivity contribution in [2.45, 2.75) is 54.1 Å². The van der Waals surface area contributed by atoms with Crippen molar-refractivity contribution in [1.82, 2.24) is 4.90 Å². The van der Waals surface area contributed by atoms with Crippen LogP contribution in [-0.4, -0.2) is 30.0 Å². The highest BCUT2D eigenvalue weighted by Gasteiger charge is 2.21. The molecule has 1 heterocycles. The minimum Gasteiger partial charge on any atom is -0.490 e. The van der Waals surface area contributed by atoms with Gasteiger partial charge < -0.3 is 9.64 Å². The minimum absolute atomic E-state index is 0.0740. The summed E-state index contributed by atoms with van der Waals surface area (Å²) in [6.07, 6.45) is -0.0196. The second kappa shape index (κ2) is 11.0. The van der Waals surface area contributed by atoms with Crippen LogP contribution in [0.15, 0.2) is 23.6 Å². The lowest BCUT2D eigenvalue weighted by atomic mass is 10.1. The van der Waals surface area contributed by atoms with Gasteiger partial charge in [-0.25, -0.2) is 8.78 Å². The highest BCUT2D eigenvalue weighted by Crippen LogP contribution is 2.30. The number of hydrogen-bond acceptors (Lipinski definition) is 3. The number of benzene rings is 1. The average Bonchev–Trinajstić information content (AvgIpc) is 3.08. The summed E-state index contributed by atoms with van der Waals surface area (Å²) in [5.41, 5.74) is 0.832. The zero-order chi connectivity index (χ0) is 20.6. The molecule has 1 aromatic carbocycles. The van der Waals surface area contributed by atoms with E-state index in [2.05, 4.69) is 0 Å². The normalized spacial score (nSPS) is 10.4. The van der Waals surface area contributed by atoms with Crippen molar-refractivity contribution >= 4 is 17.2 Å². The molecule has 0 aliphatic carbocycles. The fourth-order valence-corrected chi connectivity index (χ4v) is 3.50. The molecule has 0 bridgehead atoms. The van der Waals surface area contributed by atoms with Crippen LogP contribution in [-0.2, 0) is 6.42 Å². The molecule has 6 heteroatoms. The second-order valence-corrected chi connectivity index (χ2v) is 6.94. The Balaban J connectivity index is 0.00000176. The summed E-state index contributed by atoms with van der Waals surface area (Å²) >= 11 is 1.39. The van der Waals surface area contributed by atoms with E-state index < -0.39 is 11.6 Å². The van der Waals surface area contributed by atoms with Crippen LogP contribution in [0.4, 0.5) is 8.78 Å². The first-order valence-corrected chi connectivity index (χ1v) is 10.3. The Morgan fingerprint density at radius 2 is 1.81 bits per heavy atom. The molecule has 2 aromatic rings. The zero-order valence-electron chi connectivity index (χ0n) is 16.9. The molecule has 1 amide bonds. The Morgan fingerprint density at radius 1 is 1.19 bits per heavy atom. The maximum atomic E-state index is 14.4. The summed E-state index contributed by atoms with van der Waals surface area (Å²) in [6.45, 7) is 12.7. The quantitative estimate of drug-likeness (QED) is 0.581. The van der Waals surface area contributed by atoms with Crippen LogP contribution in [0.1, 0.15) is 62.3 Å². The third-order valence-corrected chi connectivity index (χ3v) is 4.77. The van der Waals surface area contributed by atoms with Gasteiger partial charge in [0.05, 0.1) is 11.7 Å². The molecule has 0 N–H and O–H groups in total. The van der Waals surface area contributed by atoms with Crippen LogP contribution in [0.25, 0.3) is 0 Å². The van der Waals surface area contributed by atoms with Crippen LogP contribution in [0.3, 0.4) is 0 Å². The van der Waals surface area contributed by atoms with Crippen LogP contribution in [0.2, 0.25) is 0 Å². The van der Waals surface area contributed by atoms with Crippen LogP contribution >= 0.6 is 11.3 Å². The van der Waals surface area contributed by atoms with Gasteiger partial charge in [0.25, 0.3) is 5.91 Å². The predicted molar refractivity (Wildman–Crippen MR) is 108 cm³/mol. The molecule has 0 unspecified atom stereocenters. The first kappa shape index (κ1) is 23.1. The first-order chi connectivity index (χ1) is 12.9. The molecule has 3 nitrogen and oxygen atoms in total. The van der Waals surface area contributed by atoms with Crippen molar-refractivity contribution in [3.05, 3.63) is 51.2 Å². The molecule has 0 saturated carbocycles. The average molecular weight is 398 g/mol. The first-order valence-electron chi connectivity index (χ1n) is 9.37. The lowest BCUT2D eigenvalue weighted by Gasteiger charge is -2.19. The molecule has 0 spiro atoms. The van der Waals surface area contributed by atoms with Gasteiger partial charge in [-0.2, -0.15) is 0 Å². The third kappa shape index (κ3) is 6.03. The van der Waals surface area contributed by atoms with Gasteiger partial charge in [0.2, 0.25) is 0 Å². The van der Waals surface area contributed by atoms with E-state index in [0.29, 0.717) is 18.7 Å². The van der Waals surface area contributed by atoms with Gasteiger partial charge in [-0.1, -0.05) is 13.8 Å². The number of rotatable bonds is 7. The van der Waals surface area contributed by atoms with Crippen molar-refractivity contribution in [3.63, 3.8) is 0 Å². The fraction of sp³-hybridized carbons (Fsp3) is 0.476. The maximum Gasteiger partial charge on any atom is 0.254 e. The minimum atomic E-state index is -0.678. The van der Waals surface area contributed by atoms with Crippen molar-refractivity contribution in [2.24, 2.45) is 0 Å². The lowest BCUT2D eigenvalue weighted by molar-refractivity contribution is 0.0772. The van der Waals surface area contributed by atoms with Gasteiger partial charge in [0.15, 0.2) is 0 Å². The summed E-state index contributed by atoms with van der Waals surface area (Å²) in [5, 5.41) is 1.82. The maximum absolute atomic E-state index is 14.4. The largest absolute Gasteiger partial charge is 0.490 e. The van der Waals surface area contributed by atoms with E-state index in [1.807, 2.05) is 33.1 Å². The Hall–Kier alpha value is -1.95. The van der Waals surface area contributed by atoms with Crippen molar-refractivity contribution < 1.29 is 18.3 Å². The smallest absolute Gasteiger partial charge is 0.254 e. The number of ether oxygens (including phenoxy) is 1. The molecule has 27 heavy (non-hydrogen) atoms. The van der Waals surface area contributed by atoms with Crippen molar-refractivity contribution in [2.75, 3.05) is 13.1 Å². The number of carbonyl (C=O) groups is 1. The van der Waals surface area contributed by atoms with E-state index in [9.17, 15) is 13.6 Å². The van der Waals surface area contributed by atoms with Gasteiger partial charge in [-0.05, 0) is 39.1 Å². The molecule has 0 aliphatic rings. The zero-order valence-corrected chi connectivity index (χ0v) is 17.8. The molecule has 1 aromatic heterocycles. The van der Waals surface area contributed by atoms with Gasteiger partial charge in [0, 0.05) is 42.1 Å². The Kier molecular flexibility index (Phi) is 9.43. The van der Waals surface area contributed by atoms with E-state index in [4.69, 9.17) is 4.74 Å². The van der Waals surface area contributed by atoms with Gasteiger partial charge in [0.1, 0.15) is 17.4 Å². The number of carbonyl (C=O) groups excluding carboxylic acids is 1. The number of thiophene rings is 1. The molecular formula is C21H29F2NO2S. The third-order valence-electron chi connectivity index (χ3n) is 3.85. The fourth-order valence-electron chi connectivity index (χ4n) is 2.62. The van der Waals surface area contributed by atoms with Gasteiger partial charge in [-0.15, -0.1) is 11.3 Å². The number of amides is 1.